The molecule has 2 heteroatoms. The third-order valence-electron chi connectivity index (χ3n) is 6.43. The van der Waals surface area contributed by atoms with Gasteiger partial charge >= 0.3 is 0 Å². The second-order valence-electron chi connectivity index (χ2n) is 8.28. The van der Waals surface area contributed by atoms with E-state index in [1.54, 1.807) is 0 Å². The highest BCUT2D eigenvalue weighted by Crippen LogP contribution is 2.32. The van der Waals surface area contributed by atoms with Crippen LogP contribution in [0.3, 0.4) is 0 Å². The minimum atomic E-state index is 0.633. The molecule has 0 bridgehead atoms. The Morgan fingerprint density at radius 3 is 1.79 bits per heavy atom. The molecule has 0 unspecified atom stereocenters. The van der Waals surface area contributed by atoms with E-state index in [0.717, 1.165) is 18.4 Å². The van der Waals surface area contributed by atoms with Crippen molar-refractivity contribution in [3.63, 3.8) is 0 Å². The minimum Gasteiger partial charge on any atom is -0.304 e. The van der Waals surface area contributed by atoms with Gasteiger partial charge in [0.25, 0.3) is 0 Å². The first kappa shape index (κ1) is 17.9. The summed E-state index contributed by atoms with van der Waals surface area (Å²) < 4.78 is 0. The lowest BCUT2D eigenvalue weighted by molar-refractivity contribution is 0.0956. The van der Waals surface area contributed by atoms with Crippen molar-refractivity contribution in [2.75, 3.05) is 32.7 Å². The number of piperidine rings is 2. The highest BCUT2D eigenvalue weighted by atomic mass is 15.1. The van der Waals surface area contributed by atoms with Crippen molar-refractivity contribution in [3.8, 4) is 0 Å². The molecular weight excluding hydrogens is 292 g/mol. The second-order valence-corrected chi connectivity index (χ2v) is 8.28. The summed E-state index contributed by atoms with van der Waals surface area (Å²) in [4.78, 5) is 5.29. The molecule has 1 aromatic carbocycles. The van der Waals surface area contributed by atoms with Crippen molar-refractivity contribution in [3.05, 3.63) is 35.4 Å². The molecule has 2 saturated heterocycles. The van der Waals surface area contributed by atoms with Crippen LogP contribution in [0, 0.1) is 11.8 Å². The van der Waals surface area contributed by atoms with Crippen molar-refractivity contribution >= 4 is 0 Å². The van der Waals surface area contributed by atoms with E-state index >= 15 is 0 Å². The molecule has 24 heavy (non-hydrogen) atoms. The van der Waals surface area contributed by atoms with Crippen LogP contribution < -0.4 is 0 Å². The molecule has 0 aliphatic carbocycles. The third-order valence-corrected chi connectivity index (χ3v) is 6.43. The summed E-state index contributed by atoms with van der Waals surface area (Å²) in [5.41, 5.74) is 2.94. The first-order chi connectivity index (χ1) is 11.7. The zero-order chi connectivity index (χ0) is 16.9. The predicted octanol–water partition coefficient (Wildman–Crippen LogP) is 4.75. The fourth-order valence-electron chi connectivity index (χ4n) is 4.59. The lowest BCUT2D eigenvalue weighted by atomic mass is 9.79. The monoisotopic (exact) mass is 328 g/mol. The van der Waals surface area contributed by atoms with Gasteiger partial charge in [-0.3, -0.25) is 4.90 Å². The van der Waals surface area contributed by atoms with Gasteiger partial charge in [-0.2, -0.15) is 0 Å². The Labute approximate surface area is 149 Å². The van der Waals surface area contributed by atoms with E-state index in [1.165, 1.54) is 69.5 Å². The molecule has 2 aliphatic rings. The molecule has 2 nitrogen and oxygen atoms in total. The standard InChI is InChI=1S/C22H36N2/c1-4-23-13-9-21(10-14-23)22-11-15-24(16-12-22)17-19-5-7-20(8-6-19)18(2)3/h5-8,18,21-22H,4,9-17H2,1-3H3. The Kier molecular flexibility index (Phi) is 6.35. The van der Waals surface area contributed by atoms with E-state index in [0.29, 0.717) is 5.92 Å². The van der Waals surface area contributed by atoms with E-state index < -0.39 is 0 Å². The van der Waals surface area contributed by atoms with Crippen LogP contribution in [-0.2, 0) is 6.54 Å². The van der Waals surface area contributed by atoms with Gasteiger partial charge in [0.15, 0.2) is 0 Å². The van der Waals surface area contributed by atoms with Gasteiger partial charge in [0.2, 0.25) is 0 Å². The maximum Gasteiger partial charge on any atom is 0.0233 e. The number of hydrogen-bond donors (Lipinski definition) is 0. The van der Waals surface area contributed by atoms with Crippen LogP contribution in [-0.4, -0.2) is 42.5 Å². The number of nitrogens with zero attached hydrogens (tertiary/aromatic N) is 2. The van der Waals surface area contributed by atoms with Gasteiger partial charge in [-0.1, -0.05) is 45.0 Å². The molecule has 0 spiro atoms. The average molecular weight is 329 g/mol. The number of likely N-dealkylation sites (tertiary alicyclic amines) is 2. The van der Waals surface area contributed by atoms with E-state index in [4.69, 9.17) is 0 Å². The van der Waals surface area contributed by atoms with Crippen molar-refractivity contribution < 1.29 is 0 Å². The molecule has 2 fully saturated rings. The molecule has 3 rings (SSSR count). The Morgan fingerprint density at radius 2 is 1.33 bits per heavy atom. The molecule has 0 atom stereocenters. The van der Waals surface area contributed by atoms with Crippen LogP contribution in [0.4, 0.5) is 0 Å². The fraction of sp³-hybridized carbons (Fsp3) is 0.727. The maximum absolute atomic E-state index is 2.67. The predicted molar refractivity (Wildman–Crippen MR) is 103 cm³/mol. The normalized spacial score (nSPS) is 22.3. The van der Waals surface area contributed by atoms with Gasteiger partial charge in [0, 0.05) is 6.54 Å². The molecule has 0 aromatic heterocycles. The summed E-state index contributed by atoms with van der Waals surface area (Å²) in [6.07, 6.45) is 5.71. The van der Waals surface area contributed by atoms with Crippen molar-refractivity contribution in [1.82, 2.24) is 9.80 Å². The first-order valence-electron chi connectivity index (χ1n) is 10.2. The molecule has 0 radical (unpaired) electrons. The average Bonchev–Trinajstić information content (AvgIpc) is 2.63. The van der Waals surface area contributed by atoms with Crippen molar-refractivity contribution in [2.24, 2.45) is 11.8 Å². The first-order valence-corrected chi connectivity index (χ1v) is 10.2. The maximum atomic E-state index is 2.67. The molecule has 0 N–H and O–H groups in total. The molecule has 1 aromatic rings. The van der Waals surface area contributed by atoms with Crippen LogP contribution in [0.15, 0.2) is 24.3 Å². The van der Waals surface area contributed by atoms with Gasteiger partial charge in [0.05, 0.1) is 0 Å². The zero-order valence-electron chi connectivity index (χ0n) is 16.0. The summed E-state index contributed by atoms with van der Waals surface area (Å²) in [6.45, 7) is 14.5. The number of hydrogen-bond acceptors (Lipinski definition) is 2. The van der Waals surface area contributed by atoms with Gasteiger partial charge in [-0.25, -0.2) is 0 Å². The van der Waals surface area contributed by atoms with Crippen LogP contribution in [0.25, 0.3) is 0 Å². The van der Waals surface area contributed by atoms with Crippen molar-refractivity contribution in [2.45, 2.75) is 58.9 Å². The zero-order valence-corrected chi connectivity index (χ0v) is 16.0. The quantitative estimate of drug-likeness (QED) is 0.769. The van der Waals surface area contributed by atoms with Crippen LogP contribution in [0.2, 0.25) is 0 Å². The van der Waals surface area contributed by atoms with E-state index in [1.807, 2.05) is 0 Å². The Balaban J connectivity index is 1.43. The second kappa shape index (κ2) is 8.49. The lowest BCUT2D eigenvalue weighted by Gasteiger charge is -2.40. The van der Waals surface area contributed by atoms with Crippen LogP contribution in [0.1, 0.15) is 63.5 Å². The molecule has 134 valence electrons. The molecular formula is C22H36N2. The summed E-state index contributed by atoms with van der Waals surface area (Å²) in [5, 5.41) is 0. The molecule has 0 saturated carbocycles. The Bertz CT molecular complexity index is 477. The fourth-order valence-corrected chi connectivity index (χ4v) is 4.59. The number of benzene rings is 1. The smallest absolute Gasteiger partial charge is 0.0233 e. The summed E-state index contributed by atoms with van der Waals surface area (Å²) in [7, 11) is 0. The lowest BCUT2D eigenvalue weighted by Crippen LogP contribution is -2.40. The van der Waals surface area contributed by atoms with E-state index in [2.05, 4.69) is 54.8 Å². The Hall–Kier alpha value is -0.860. The van der Waals surface area contributed by atoms with Gasteiger partial charge in [-0.15, -0.1) is 0 Å². The highest BCUT2D eigenvalue weighted by molar-refractivity contribution is 5.24. The van der Waals surface area contributed by atoms with Crippen LogP contribution >= 0.6 is 0 Å². The summed E-state index contributed by atoms with van der Waals surface area (Å²) >= 11 is 0. The topological polar surface area (TPSA) is 6.48 Å². The number of rotatable bonds is 5. The SMILES string of the molecule is CCN1CCC(C2CCN(Cc3ccc(C(C)C)cc3)CC2)CC1. The van der Waals surface area contributed by atoms with Gasteiger partial charge in [-0.05, 0) is 87.3 Å². The van der Waals surface area contributed by atoms with Gasteiger partial charge < -0.3 is 4.90 Å². The van der Waals surface area contributed by atoms with Crippen LogP contribution in [0.5, 0.6) is 0 Å². The van der Waals surface area contributed by atoms with Crippen molar-refractivity contribution in [1.29, 1.82) is 0 Å². The van der Waals surface area contributed by atoms with Gasteiger partial charge in [0.1, 0.15) is 0 Å². The molecule has 0 amide bonds. The highest BCUT2D eigenvalue weighted by Gasteiger charge is 2.29. The van der Waals surface area contributed by atoms with E-state index in [-0.39, 0.29) is 0 Å². The summed E-state index contributed by atoms with van der Waals surface area (Å²) in [6, 6.07) is 9.30. The largest absolute Gasteiger partial charge is 0.304 e. The minimum absolute atomic E-state index is 0.633. The third kappa shape index (κ3) is 4.61. The molecule has 2 heterocycles. The van der Waals surface area contributed by atoms with E-state index in [9.17, 15) is 0 Å². The molecule has 2 aliphatic heterocycles. The Morgan fingerprint density at radius 1 is 0.833 bits per heavy atom. The summed E-state index contributed by atoms with van der Waals surface area (Å²) in [5.74, 6) is 2.62.